The summed E-state index contributed by atoms with van der Waals surface area (Å²) >= 11 is 5.93. The Morgan fingerprint density at radius 3 is 2.72 bits per heavy atom. The Morgan fingerprint density at radius 1 is 1.22 bits per heavy atom. The maximum absolute atomic E-state index is 11.5. The molecule has 2 aromatic rings. The molecule has 0 aliphatic carbocycles. The van der Waals surface area contributed by atoms with Crippen LogP contribution in [0.4, 0.5) is 0 Å². The van der Waals surface area contributed by atoms with Crippen LogP contribution in [0.15, 0.2) is 47.5 Å². The molecule has 0 unspecified atom stereocenters. The molecule has 0 spiro atoms. The molecule has 0 aromatic heterocycles. The molecular weight excluding hydrogens is 248 g/mol. The number of carbonyl (C=O) groups is 1. The third-order valence-electron chi connectivity index (χ3n) is 2.58. The van der Waals surface area contributed by atoms with Gasteiger partial charge in [0.25, 0.3) is 0 Å². The van der Waals surface area contributed by atoms with Crippen LogP contribution >= 0.6 is 11.6 Å². The average Bonchev–Trinajstić information content (AvgIpc) is 2.39. The molecule has 0 atom stereocenters. The van der Waals surface area contributed by atoms with Gasteiger partial charge in [0, 0.05) is 0 Å². The summed E-state index contributed by atoms with van der Waals surface area (Å²) in [5, 5.41) is 2.26. The Balaban J connectivity index is 2.43. The lowest BCUT2D eigenvalue weighted by molar-refractivity contribution is -0.137. The second-order valence-corrected chi connectivity index (χ2v) is 4.19. The van der Waals surface area contributed by atoms with Crippen LogP contribution < -0.4 is 0 Å². The van der Waals surface area contributed by atoms with Gasteiger partial charge in [0.15, 0.2) is 0 Å². The fourth-order valence-electron chi connectivity index (χ4n) is 1.77. The predicted octanol–water partition coefficient (Wildman–Crippen LogP) is 3.98. The average molecular weight is 261 g/mol. The van der Waals surface area contributed by atoms with Crippen LogP contribution in [0.25, 0.3) is 16.8 Å². The molecule has 0 fully saturated rings. The van der Waals surface area contributed by atoms with Gasteiger partial charge in [0.05, 0.1) is 6.61 Å². The van der Waals surface area contributed by atoms with Gasteiger partial charge in [0.2, 0.25) is 0 Å². The van der Waals surface area contributed by atoms with Gasteiger partial charge in [-0.1, -0.05) is 54.1 Å². The van der Waals surface area contributed by atoms with Crippen molar-refractivity contribution in [2.24, 2.45) is 0 Å². The first-order valence-corrected chi connectivity index (χ1v) is 6.12. The summed E-state index contributed by atoms with van der Waals surface area (Å²) in [6, 6.07) is 13.8. The lowest BCUT2D eigenvalue weighted by atomic mass is 10.0. The SMILES string of the molecule is CCOC(=O)/C(Cl)=C/c1cccc2ccccc12. The number of carbonyl (C=O) groups excluding carboxylic acids is 1. The first-order chi connectivity index (χ1) is 8.72. The summed E-state index contributed by atoms with van der Waals surface area (Å²) in [6.07, 6.45) is 1.64. The molecule has 0 saturated heterocycles. The van der Waals surface area contributed by atoms with Crippen LogP contribution in [0.3, 0.4) is 0 Å². The van der Waals surface area contributed by atoms with Gasteiger partial charge in [0.1, 0.15) is 5.03 Å². The monoisotopic (exact) mass is 260 g/mol. The van der Waals surface area contributed by atoms with E-state index in [1.807, 2.05) is 42.5 Å². The fraction of sp³-hybridized carbons (Fsp3) is 0.133. The number of halogens is 1. The van der Waals surface area contributed by atoms with Crippen molar-refractivity contribution < 1.29 is 9.53 Å². The van der Waals surface area contributed by atoms with Gasteiger partial charge in [-0.3, -0.25) is 0 Å². The van der Waals surface area contributed by atoms with Crippen molar-refractivity contribution in [3.8, 4) is 0 Å². The number of hydrogen-bond acceptors (Lipinski definition) is 2. The summed E-state index contributed by atoms with van der Waals surface area (Å²) in [7, 11) is 0. The Labute approximate surface area is 111 Å². The molecular formula is C15H13ClO2. The zero-order valence-corrected chi connectivity index (χ0v) is 10.8. The van der Waals surface area contributed by atoms with Gasteiger partial charge >= 0.3 is 5.97 Å². The highest BCUT2D eigenvalue weighted by Gasteiger charge is 2.08. The van der Waals surface area contributed by atoms with Gasteiger partial charge < -0.3 is 4.74 Å². The maximum Gasteiger partial charge on any atom is 0.349 e. The Bertz CT molecular complexity index is 597. The molecule has 0 aliphatic heterocycles. The topological polar surface area (TPSA) is 26.3 Å². The molecule has 3 heteroatoms. The number of fused-ring (bicyclic) bond motifs is 1. The lowest BCUT2D eigenvalue weighted by Gasteiger charge is -2.03. The molecule has 0 heterocycles. The molecule has 0 amide bonds. The second-order valence-electron chi connectivity index (χ2n) is 3.78. The van der Waals surface area contributed by atoms with Crippen LogP contribution in [0.1, 0.15) is 12.5 Å². The minimum absolute atomic E-state index is 0.0909. The molecule has 2 nitrogen and oxygen atoms in total. The first-order valence-electron chi connectivity index (χ1n) is 5.74. The van der Waals surface area contributed by atoms with Crippen LogP contribution in [-0.2, 0) is 9.53 Å². The zero-order valence-electron chi connectivity index (χ0n) is 10.0. The van der Waals surface area contributed by atoms with E-state index in [2.05, 4.69) is 0 Å². The van der Waals surface area contributed by atoms with Crippen molar-refractivity contribution in [2.45, 2.75) is 6.92 Å². The Kier molecular flexibility index (Phi) is 4.00. The van der Waals surface area contributed by atoms with E-state index in [0.717, 1.165) is 16.3 Å². The highest BCUT2D eigenvalue weighted by molar-refractivity contribution is 6.43. The van der Waals surface area contributed by atoms with Crippen LogP contribution in [0, 0.1) is 0 Å². The van der Waals surface area contributed by atoms with Crippen molar-refractivity contribution in [3.63, 3.8) is 0 Å². The Hall–Kier alpha value is -1.80. The third kappa shape index (κ3) is 2.71. The molecule has 0 radical (unpaired) electrons. The van der Waals surface area contributed by atoms with E-state index in [1.54, 1.807) is 13.0 Å². The fourth-order valence-corrected chi connectivity index (χ4v) is 1.94. The van der Waals surface area contributed by atoms with Crippen molar-refractivity contribution >= 4 is 34.4 Å². The normalized spacial score (nSPS) is 11.6. The number of rotatable bonds is 3. The molecule has 18 heavy (non-hydrogen) atoms. The van der Waals surface area contributed by atoms with Crippen molar-refractivity contribution in [3.05, 3.63) is 53.1 Å². The first kappa shape index (κ1) is 12.7. The number of benzene rings is 2. The molecule has 0 saturated carbocycles. The van der Waals surface area contributed by atoms with Crippen LogP contribution in [-0.4, -0.2) is 12.6 Å². The molecule has 0 N–H and O–H groups in total. The van der Waals surface area contributed by atoms with E-state index in [-0.39, 0.29) is 5.03 Å². The van der Waals surface area contributed by atoms with Gasteiger partial charge in [-0.25, -0.2) is 4.79 Å². The highest BCUT2D eigenvalue weighted by Crippen LogP contribution is 2.22. The minimum Gasteiger partial charge on any atom is -0.462 e. The minimum atomic E-state index is -0.493. The largest absolute Gasteiger partial charge is 0.462 e. The molecule has 92 valence electrons. The third-order valence-corrected chi connectivity index (χ3v) is 2.84. The number of hydrogen-bond donors (Lipinski definition) is 0. The molecule has 2 rings (SSSR count). The summed E-state index contributed by atoms with van der Waals surface area (Å²) in [6.45, 7) is 2.07. The summed E-state index contributed by atoms with van der Waals surface area (Å²) in [5.41, 5.74) is 0.908. The van der Waals surface area contributed by atoms with Gasteiger partial charge in [-0.05, 0) is 29.3 Å². The quantitative estimate of drug-likeness (QED) is 0.616. The summed E-state index contributed by atoms with van der Waals surface area (Å²) < 4.78 is 4.85. The smallest absolute Gasteiger partial charge is 0.349 e. The van der Waals surface area contributed by atoms with Gasteiger partial charge in [-0.15, -0.1) is 0 Å². The summed E-state index contributed by atoms with van der Waals surface area (Å²) in [5.74, 6) is -0.493. The number of esters is 1. The van der Waals surface area contributed by atoms with Crippen LogP contribution in [0.5, 0.6) is 0 Å². The van der Waals surface area contributed by atoms with E-state index in [9.17, 15) is 4.79 Å². The second kappa shape index (κ2) is 5.69. The Morgan fingerprint density at radius 2 is 1.94 bits per heavy atom. The van der Waals surface area contributed by atoms with Crippen molar-refractivity contribution in [1.29, 1.82) is 0 Å². The van der Waals surface area contributed by atoms with E-state index in [4.69, 9.17) is 16.3 Å². The lowest BCUT2D eigenvalue weighted by Crippen LogP contribution is -2.03. The van der Waals surface area contributed by atoms with Crippen molar-refractivity contribution in [1.82, 2.24) is 0 Å². The molecule has 0 bridgehead atoms. The predicted molar refractivity (Wildman–Crippen MR) is 74.4 cm³/mol. The van der Waals surface area contributed by atoms with E-state index in [0.29, 0.717) is 6.61 Å². The standard InChI is InChI=1S/C15H13ClO2/c1-2-18-15(17)14(16)10-12-8-5-7-11-6-3-4-9-13(11)12/h3-10H,2H2,1H3/b14-10-. The molecule has 2 aromatic carbocycles. The highest BCUT2D eigenvalue weighted by atomic mass is 35.5. The molecule has 0 aliphatic rings. The maximum atomic E-state index is 11.5. The van der Waals surface area contributed by atoms with Crippen LogP contribution in [0.2, 0.25) is 0 Å². The van der Waals surface area contributed by atoms with E-state index in [1.165, 1.54) is 0 Å². The van der Waals surface area contributed by atoms with E-state index >= 15 is 0 Å². The number of ether oxygens (including phenoxy) is 1. The zero-order chi connectivity index (χ0) is 13.0. The summed E-state index contributed by atoms with van der Waals surface area (Å²) in [4.78, 5) is 11.5. The van der Waals surface area contributed by atoms with Gasteiger partial charge in [-0.2, -0.15) is 0 Å². The van der Waals surface area contributed by atoms with Crippen molar-refractivity contribution in [2.75, 3.05) is 6.61 Å². The van der Waals surface area contributed by atoms with E-state index < -0.39 is 5.97 Å².